The van der Waals surface area contributed by atoms with Crippen LogP contribution in [0.4, 0.5) is 0 Å². The second kappa shape index (κ2) is 6.12. The second-order valence-electron chi connectivity index (χ2n) is 3.76. The molecule has 3 heteroatoms. The van der Waals surface area contributed by atoms with Gasteiger partial charge in [-0.2, -0.15) is 0 Å². The van der Waals surface area contributed by atoms with Crippen LogP contribution < -0.4 is 0 Å². The summed E-state index contributed by atoms with van der Waals surface area (Å²) in [6, 6.07) is 15.1. The maximum Gasteiger partial charge on any atom is 0.185 e. The molecule has 0 unspecified atom stereocenters. The van der Waals surface area contributed by atoms with E-state index in [1.807, 2.05) is 42.5 Å². The minimum Gasteiger partial charge on any atom is -0.289 e. The predicted octanol–water partition coefficient (Wildman–Crippen LogP) is 5.11. The van der Waals surface area contributed by atoms with Crippen molar-refractivity contribution < 1.29 is 4.79 Å². The molecular formula is C15H10Br2O. The molecule has 0 spiro atoms. The first-order valence-corrected chi connectivity index (χ1v) is 6.97. The summed E-state index contributed by atoms with van der Waals surface area (Å²) in [4.78, 5) is 11.9. The summed E-state index contributed by atoms with van der Waals surface area (Å²) in [6.45, 7) is 0. The minimum atomic E-state index is 0.00502. The summed E-state index contributed by atoms with van der Waals surface area (Å²) in [7, 11) is 0. The van der Waals surface area contributed by atoms with E-state index >= 15 is 0 Å². The van der Waals surface area contributed by atoms with Crippen molar-refractivity contribution in [3.05, 3.63) is 74.7 Å². The molecule has 0 saturated heterocycles. The molecule has 0 aromatic heterocycles. The lowest BCUT2D eigenvalue weighted by Crippen LogP contribution is -1.92. The van der Waals surface area contributed by atoms with Crippen LogP contribution in [0.5, 0.6) is 0 Å². The van der Waals surface area contributed by atoms with E-state index in [9.17, 15) is 4.79 Å². The molecule has 0 amide bonds. The molecule has 2 rings (SSSR count). The molecule has 2 aromatic carbocycles. The maximum absolute atomic E-state index is 11.9. The summed E-state index contributed by atoms with van der Waals surface area (Å²) < 4.78 is 2.00. The Labute approximate surface area is 123 Å². The van der Waals surface area contributed by atoms with Crippen molar-refractivity contribution in [1.82, 2.24) is 0 Å². The third kappa shape index (κ3) is 3.65. The molecular weight excluding hydrogens is 356 g/mol. The Hall–Kier alpha value is -1.19. The van der Waals surface area contributed by atoms with Gasteiger partial charge in [-0.05, 0) is 48.0 Å². The van der Waals surface area contributed by atoms with Crippen LogP contribution in [-0.2, 0) is 0 Å². The van der Waals surface area contributed by atoms with E-state index in [1.54, 1.807) is 18.2 Å². The molecule has 0 saturated carbocycles. The molecule has 18 heavy (non-hydrogen) atoms. The molecule has 90 valence electrons. The van der Waals surface area contributed by atoms with E-state index < -0.39 is 0 Å². The van der Waals surface area contributed by atoms with E-state index in [0.717, 1.165) is 14.5 Å². The molecule has 0 aliphatic rings. The molecule has 0 heterocycles. The topological polar surface area (TPSA) is 17.1 Å². The summed E-state index contributed by atoms with van der Waals surface area (Å²) in [5.74, 6) is 0.00502. The zero-order valence-electron chi connectivity index (χ0n) is 9.44. The molecule has 0 radical (unpaired) electrons. The highest BCUT2D eigenvalue weighted by molar-refractivity contribution is 9.10. The lowest BCUT2D eigenvalue weighted by atomic mass is 10.1. The van der Waals surface area contributed by atoms with Gasteiger partial charge in [0.15, 0.2) is 5.78 Å². The molecule has 0 N–H and O–H groups in total. The number of hydrogen-bond donors (Lipinski definition) is 0. The zero-order chi connectivity index (χ0) is 13.0. The van der Waals surface area contributed by atoms with Crippen molar-refractivity contribution in [2.24, 2.45) is 0 Å². The van der Waals surface area contributed by atoms with Crippen LogP contribution in [0.3, 0.4) is 0 Å². The summed E-state index contributed by atoms with van der Waals surface area (Å²) in [5, 5.41) is 0. The highest BCUT2D eigenvalue weighted by Crippen LogP contribution is 2.13. The lowest BCUT2D eigenvalue weighted by Gasteiger charge is -1.96. The smallest absolute Gasteiger partial charge is 0.185 e. The largest absolute Gasteiger partial charge is 0.289 e. The van der Waals surface area contributed by atoms with Crippen molar-refractivity contribution in [1.29, 1.82) is 0 Å². The Morgan fingerprint density at radius 3 is 1.89 bits per heavy atom. The minimum absolute atomic E-state index is 0.00502. The Kier molecular flexibility index (Phi) is 4.50. The van der Waals surface area contributed by atoms with Gasteiger partial charge in [-0.15, -0.1) is 0 Å². The van der Waals surface area contributed by atoms with E-state index in [4.69, 9.17) is 0 Å². The number of allylic oxidation sites excluding steroid dienone is 1. The van der Waals surface area contributed by atoms with Crippen molar-refractivity contribution >= 4 is 43.7 Å². The van der Waals surface area contributed by atoms with Crippen molar-refractivity contribution in [2.75, 3.05) is 0 Å². The Bertz CT molecular complexity index is 568. The highest BCUT2D eigenvalue weighted by atomic mass is 79.9. The van der Waals surface area contributed by atoms with Crippen LogP contribution in [0.2, 0.25) is 0 Å². The maximum atomic E-state index is 11.9. The van der Waals surface area contributed by atoms with Gasteiger partial charge in [0.25, 0.3) is 0 Å². The van der Waals surface area contributed by atoms with Gasteiger partial charge in [0, 0.05) is 14.5 Å². The third-order valence-electron chi connectivity index (χ3n) is 2.43. The summed E-state index contributed by atoms with van der Waals surface area (Å²) >= 11 is 6.72. The Morgan fingerprint density at radius 1 is 0.833 bits per heavy atom. The van der Waals surface area contributed by atoms with Crippen LogP contribution in [0.1, 0.15) is 15.9 Å². The summed E-state index contributed by atoms with van der Waals surface area (Å²) in [6.07, 6.45) is 3.41. The third-order valence-corrected chi connectivity index (χ3v) is 3.48. The first kappa shape index (κ1) is 13.2. The molecule has 2 aromatic rings. The van der Waals surface area contributed by atoms with Gasteiger partial charge < -0.3 is 0 Å². The first-order chi connectivity index (χ1) is 8.65. The average molecular weight is 366 g/mol. The lowest BCUT2D eigenvalue weighted by molar-refractivity contribution is 0.104. The van der Waals surface area contributed by atoms with E-state index in [0.29, 0.717) is 5.56 Å². The van der Waals surface area contributed by atoms with Gasteiger partial charge in [0.2, 0.25) is 0 Å². The number of halogens is 2. The monoisotopic (exact) mass is 364 g/mol. The molecule has 0 bridgehead atoms. The number of carbonyl (C=O) groups excluding carboxylic acids is 1. The van der Waals surface area contributed by atoms with E-state index in [2.05, 4.69) is 31.9 Å². The van der Waals surface area contributed by atoms with Gasteiger partial charge in [-0.3, -0.25) is 4.79 Å². The fourth-order valence-corrected chi connectivity index (χ4v) is 1.98. The van der Waals surface area contributed by atoms with E-state index in [1.165, 1.54) is 0 Å². The average Bonchev–Trinajstić information content (AvgIpc) is 2.38. The molecule has 0 fully saturated rings. The van der Waals surface area contributed by atoms with Gasteiger partial charge in [-0.25, -0.2) is 0 Å². The van der Waals surface area contributed by atoms with Crippen LogP contribution in [0.15, 0.2) is 63.6 Å². The molecule has 0 aliphatic heterocycles. The number of ketones is 1. The quantitative estimate of drug-likeness (QED) is 0.545. The van der Waals surface area contributed by atoms with Crippen molar-refractivity contribution in [3.8, 4) is 0 Å². The number of carbonyl (C=O) groups is 1. The summed E-state index contributed by atoms with van der Waals surface area (Å²) in [5.41, 5.74) is 1.69. The first-order valence-electron chi connectivity index (χ1n) is 5.39. The molecule has 0 atom stereocenters. The van der Waals surface area contributed by atoms with Crippen LogP contribution in [0, 0.1) is 0 Å². The zero-order valence-corrected chi connectivity index (χ0v) is 12.6. The van der Waals surface area contributed by atoms with Crippen molar-refractivity contribution in [3.63, 3.8) is 0 Å². The standard InChI is InChI=1S/C15H10Br2O/c16-13-6-1-11(2-7-13)3-10-15(18)12-4-8-14(17)9-5-12/h1-10H/b10-3+. The number of rotatable bonds is 3. The SMILES string of the molecule is O=C(/C=C/c1ccc(Br)cc1)c1ccc(Br)cc1. The predicted molar refractivity (Wildman–Crippen MR) is 81.6 cm³/mol. The fourth-order valence-electron chi connectivity index (χ4n) is 1.46. The number of benzene rings is 2. The van der Waals surface area contributed by atoms with Crippen LogP contribution in [0.25, 0.3) is 6.08 Å². The van der Waals surface area contributed by atoms with Gasteiger partial charge in [0.1, 0.15) is 0 Å². The molecule has 1 nitrogen and oxygen atoms in total. The Balaban J connectivity index is 2.11. The Morgan fingerprint density at radius 2 is 1.33 bits per heavy atom. The van der Waals surface area contributed by atoms with Gasteiger partial charge in [0.05, 0.1) is 0 Å². The van der Waals surface area contributed by atoms with Crippen molar-refractivity contribution in [2.45, 2.75) is 0 Å². The van der Waals surface area contributed by atoms with Gasteiger partial charge >= 0.3 is 0 Å². The van der Waals surface area contributed by atoms with Crippen LogP contribution in [-0.4, -0.2) is 5.78 Å². The fraction of sp³-hybridized carbons (Fsp3) is 0. The van der Waals surface area contributed by atoms with Gasteiger partial charge in [-0.1, -0.05) is 50.1 Å². The number of hydrogen-bond acceptors (Lipinski definition) is 1. The molecule has 0 aliphatic carbocycles. The normalized spacial score (nSPS) is 10.8. The second-order valence-corrected chi connectivity index (χ2v) is 5.59. The highest BCUT2D eigenvalue weighted by Gasteiger charge is 2.00. The van der Waals surface area contributed by atoms with Crippen LogP contribution >= 0.6 is 31.9 Å². The van der Waals surface area contributed by atoms with E-state index in [-0.39, 0.29) is 5.78 Å².